The number of carboxylic acids is 2. The number of fused-ring (bicyclic) bond motifs is 1. The normalized spacial score (nSPS) is 11.3. The fourth-order valence-corrected chi connectivity index (χ4v) is 2.76. The third-order valence-electron chi connectivity index (χ3n) is 4.36. The zero-order valence-electron chi connectivity index (χ0n) is 19.3. The van der Waals surface area contributed by atoms with Crippen LogP contribution in [0.15, 0.2) is 35.3 Å². The zero-order valence-corrected chi connectivity index (χ0v) is 20.2. The highest BCUT2D eigenvalue weighted by Crippen LogP contribution is 2.12. The average Bonchev–Trinajstić information content (AvgIpc) is 2.80. The van der Waals surface area contributed by atoms with Crippen LogP contribution in [-0.2, 0) is 27.3 Å². The molecule has 0 radical (unpaired) electrons. The molecule has 1 atom stereocenters. The number of hydrogen-bond acceptors (Lipinski definition) is 10. The number of amides is 1. The van der Waals surface area contributed by atoms with E-state index in [0.717, 1.165) is 0 Å². The Hall–Kier alpha value is -4.24. The minimum Gasteiger partial charge on any atom is -0.617 e. The smallest absolute Gasteiger partial charge is 0.326 e. The third kappa shape index (κ3) is 8.84. The molecule has 7 N–H and O–H groups in total. The van der Waals surface area contributed by atoms with Crippen molar-refractivity contribution < 1.29 is 29.1 Å². The predicted octanol–water partition coefficient (Wildman–Crippen LogP) is -0.0501. The van der Waals surface area contributed by atoms with E-state index in [-0.39, 0.29) is 42.1 Å². The number of hydrogen-bond donors (Lipinski definition) is 6. The Morgan fingerprint density at radius 2 is 1.81 bits per heavy atom. The Morgan fingerprint density at radius 3 is 2.39 bits per heavy atom. The molecule has 0 bridgehead atoms. The SMILES string of the molecule is C[S+](C)[O-].Nc1nc(=O)c2nc(CNc3ccc(C(=O)N[C@@H](CCC(=O)O)C(=O)O)cc3)cnc2[nH]1. The highest BCUT2D eigenvalue weighted by Gasteiger charge is 2.21. The number of aliphatic carboxylic acids is 2. The number of nitrogens with two attached hydrogens (primary N) is 1. The molecule has 14 nitrogen and oxygen atoms in total. The summed E-state index contributed by atoms with van der Waals surface area (Å²) in [4.78, 5) is 60.5. The number of aromatic nitrogens is 4. The van der Waals surface area contributed by atoms with Gasteiger partial charge in [-0.25, -0.2) is 14.8 Å². The van der Waals surface area contributed by atoms with Gasteiger partial charge < -0.3 is 36.1 Å². The summed E-state index contributed by atoms with van der Waals surface area (Å²) in [6.45, 7) is 0.231. The van der Waals surface area contributed by atoms with Crippen molar-refractivity contribution in [2.45, 2.75) is 25.4 Å². The number of H-pyrrole nitrogens is 1. The Balaban J connectivity index is 0.00000106. The van der Waals surface area contributed by atoms with Gasteiger partial charge in [-0.15, -0.1) is 0 Å². The van der Waals surface area contributed by atoms with Crippen LogP contribution < -0.4 is 21.9 Å². The molecule has 0 aliphatic carbocycles. The van der Waals surface area contributed by atoms with Crippen LogP contribution in [0.1, 0.15) is 28.9 Å². The van der Waals surface area contributed by atoms with Gasteiger partial charge >= 0.3 is 17.5 Å². The maximum atomic E-state index is 12.3. The van der Waals surface area contributed by atoms with E-state index in [0.29, 0.717) is 11.4 Å². The van der Waals surface area contributed by atoms with Gasteiger partial charge in [0.15, 0.2) is 11.2 Å². The molecule has 0 fully saturated rings. The van der Waals surface area contributed by atoms with Crippen molar-refractivity contribution >= 4 is 51.8 Å². The molecule has 0 aliphatic heterocycles. The Kier molecular flexibility index (Phi) is 10.1. The van der Waals surface area contributed by atoms with Gasteiger partial charge in [-0.3, -0.25) is 14.4 Å². The molecule has 0 saturated heterocycles. The number of nitrogen functional groups attached to an aromatic ring is 1. The second-order valence-corrected chi connectivity index (χ2v) is 8.94. The first kappa shape index (κ1) is 28.0. The molecule has 2 aromatic heterocycles. The average molecular weight is 520 g/mol. The van der Waals surface area contributed by atoms with Gasteiger partial charge in [0.1, 0.15) is 6.04 Å². The summed E-state index contributed by atoms with van der Waals surface area (Å²) >= 11 is -0.611. The van der Waals surface area contributed by atoms with Crippen LogP contribution in [-0.4, -0.2) is 71.1 Å². The number of nitrogens with one attached hydrogen (secondary N) is 3. The van der Waals surface area contributed by atoms with E-state index in [1.54, 1.807) is 24.6 Å². The minimum atomic E-state index is -1.31. The van der Waals surface area contributed by atoms with Crippen LogP contribution in [0.5, 0.6) is 0 Å². The monoisotopic (exact) mass is 519 g/mol. The third-order valence-corrected chi connectivity index (χ3v) is 4.36. The van der Waals surface area contributed by atoms with E-state index < -0.39 is 40.6 Å². The van der Waals surface area contributed by atoms with Crippen molar-refractivity contribution in [3.05, 3.63) is 52.1 Å². The first-order valence-corrected chi connectivity index (χ1v) is 12.3. The molecule has 3 rings (SSSR count). The number of nitrogens with zero attached hydrogens (tertiary/aromatic N) is 3. The lowest BCUT2D eigenvalue weighted by atomic mass is 10.1. The van der Waals surface area contributed by atoms with Gasteiger partial charge in [0.25, 0.3) is 5.91 Å². The van der Waals surface area contributed by atoms with Gasteiger partial charge in [0.05, 0.1) is 30.9 Å². The summed E-state index contributed by atoms with van der Waals surface area (Å²) in [5.74, 6) is -3.16. The quantitative estimate of drug-likeness (QED) is 0.204. The lowest BCUT2D eigenvalue weighted by molar-refractivity contribution is -0.140. The van der Waals surface area contributed by atoms with Crippen molar-refractivity contribution in [2.24, 2.45) is 0 Å². The molecule has 0 unspecified atom stereocenters. The first-order chi connectivity index (χ1) is 17.0. The minimum absolute atomic E-state index is 0.0524. The second-order valence-electron chi connectivity index (χ2n) is 7.45. The van der Waals surface area contributed by atoms with Crippen molar-refractivity contribution in [1.29, 1.82) is 0 Å². The van der Waals surface area contributed by atoms with Crippen molar-refractivity contribution in [1.82, 2.24) is 25.3 Å². The molecule has 0 aliphatic rings. The number of carbonyl (C=O) groups is 3. The van der Waals surface area contributed by atoms with Crippen LogP contribution in [0.2, 0.25) is 0 Å². The topological polar surface area (TPSA) is 236 Å². The van der Waals surface area contributed by atoms with Crippen molar-refractivity contribution in [2.75, 3.05) is 23.6 Å². The summed E-state index contributed by atoms with van der Waals surface area (Å²) in [6, 6.07) is 4.86. The molecule has 15 heteroatoms. The lowest BCUT2D eigenvalue weighted by Gasteiger charge is -2.14. The van der Waals surface area contributed by atoms with E-state index in [1.165, 1.54) is 18.3 Å². The number of aromatic amines is 1. The van der Waals surface area contributed by atoms with Gasteiger partial charge in [-0.1, -0.05) is 11.2 Å². The van der Waals surface area contributed by atoms with Crippen LogP contribution in [0.3, 0.4) is 0 Å². The van der Waals surface area contributed by atoms with E-state index >= 15 is 0 Å². The van der Waals surface area contributed by atoms with Crippen LogP contribution in [0.4, 0.5) is 11.6 Å². The highest BCUT2D eigenvalue weighted by molar-refractivity contribution is 7.89. The van der Waals surface area contributed by atoms with E-state index in [1.807, 2.05) is 0 Å². The molecular weight excluding hydrogens is 494 g/mol. The van der Waals surface area contributed by atoms with E-state index in [2.05, 4.69) is 30.6 Å². The van der Waals surface area contributed by atoms with Crippen molar-refractivity contribution in [3.63, 3.8) is 0 Å². The number of benzene rings is 1. The first-order valence-electron chi connectivity index (χ1n) is 10.3. The van der Waals surface area contributed by atoms with Crippen LogP contribution >= 0.6 is 0 Å². The summed E-state index contributed by atoms with van der Waals surface area (Å²) in [7, 11) is 0. The van der Waals surface area contributed by atoms with Gasteiger partial charge in [-0.05, 0) is 30.7 Å². The fourth-order valence-electron chi connectivity index (χ4n) is 2.76. The van der Waals surface area contributed by atoms with Gasteiger partial charge in [-0.2, -0.15) is 4.98 Å². The second kappa shape index (κ2) is 13.0. The van der Waals surface area contributed by atoms with E-state index in [4.69, 9.17) is 15.9 Å². The summed E-state index contributed by atoms with van der Waals surface area (Å²) in [6.07, 6.45) is 4.14. The number of rotatable bonds is 9. The molecule has 3 aromatic rings. The Morgan fingerprint density at radius 1 is 1.17 bits per heavy atom. The Labute approximate surface area is 207 Å². The van der Waals surface area contributed by atoms with E-state index in [9.17, 15) is 23.7 Å². The lowest BCUT2D eigenvalue weighted by Crippen LogP contribution is -2.41. The molecule has 2 heterocycles. The summed E-state index contributed by atoms with van der Waals surface area (Å²) in [5, 5.41) is 23.2. The summed E-state index contributed by atoms with van der Waals surface area (Å²) < 4.78 is 9.56. The standard InChI is InChI=1S/C19H19N7O6.C2H6OS/c20-19-25-15-14(17(30)26-19)23-11(8-22-15)7-21-10-3-1-9(2-4-10)16(29)24-12(18(31)32)5-6-13(27)28;1-4(2)3/h1-4,8,12,21H,5-7H2,(H,24,29)(H,27,28)(H,31,32)(H3,20,22,25,26,30);1-2H3/t12-;/m0./s1. The fraction of sp³-hybridized carbons (Fsp3) is 0.286. The molecule has 192 valence electrons. The molecule has 36 heavy (non-hydrogen) atoms. The molecule has 0 saturated carbocycles. The molecule has 1 amide bonds. The zero-order chi connectivity index (χ0) is 26.8. The van der Waals surface area contributed by atoms with Crippen LogP contribution in [0, 0.1) is 0 Å². The van der Waals surface area contributed by atoms with Gasteiger partial charge in [0, 0.05) is 17.7 Å². The number of carbonyl (C=O) groups excluding carboxylic acids is 1. The highest BCUT2D eigenvalue weighted by atomic mass is 32.2. The number of anilines is 2. The number of carboxylic acid groups (broad SMARTS) is 2. The molecule has 0 spiro atoms. The maximum absolute atomic E-state index is 12.3. The predicted molar refractivity (Wildman–Crippen MR) is 132 cm³/mol. The maximum Gasteiger partial charge on any atom is 0.326 e. The van der Waals surface area contributed by atoms with Gasteiger partial charge in [0.2, 0.25) is 5.95 Å². The molecule has 1 aromatic carbocycles. The summed E-state index contributed by atoms with van der Waals surface area (Å²) in [5.41, 5.74) is 6.47. The Bertz CT molecular complexity index is 1280. The largest absolute Gasteiger partial charge is 0.617 e. The van der Waals surface area contributed by atoms with Crippen LogP contribution in [0.25, 0.3) is 11.2 Å². The van der Waals surface area contributed by atoms with Crippen molar-refractivity contribution in [3.8, 4) is 0 Å². The molecular formula is C21H25N7O7S.